The largest absolute Gasteiger partial charge is 0.490 e. The Morgan fingerprint density at radius 1 is 1.39 bits per heavy atom. The summed E-state index contributed by atoms with van der Waals surface area (Å²) >= 11 is 2.00. The number of hydrogen-bond acceptors (Lipinski definition) is 3. The van der Waals surface area contributed by atoms with Crippen LogP contribution in [0.3, 0.4) is 0 Å². The minimum absolute atomic E-state index is 0.0959. The van der Waals surface area contributed by atoms with Gasteiger partial charge in [0.2, 0.25) is 0 Å². The molecule has 2 aliphatic rings. The summed E-state index contributed by atoms with van der Waals surface area (Å²) in [5.41, 5.74) is 6.97. The zero-order valence-electron chi connectivity index (χ0n) is 10.3. The molecule has 4 heteroatoms. The number of rotatable bonds is 1. The van der Waals surface area contributed by atoms with E-state index in [9.17, 15) is 4.39 Å². The third-order valence-electron chi connectivity index (χ3n) is 3.86. The van der Waals surface area contributed by atoms with Crippen molar-refractivity contribution in [2.75, 3.05) is 11.5 Å². The Hall–Kier alpha value is -0.740. The summed E-state index contributed by atoms with van der Waals surface area (Å²) < 4.78 is 19.2. The van der Waals surface area contributed by atoms with Crippen molar-refractivity contribution in [2.24, 2.45) is 11.7 Å². The molecular weight excluding hydrogens is 249 g/mol. The number of thioether (sulfide) groups is 1. The van der Waals surface area contributed by atoms with Crippen molar-refractivity contribution in [1.82, 2.24) is 0 Å². The molecule has 3 atom stereocenters. The molecule has 0 radical (unpaired) electrons. The summed E-state index contributed by atoms with van der Waals surface area (Å²) in [6.07, 6.45) is 3.49. The molecule has 98 valence electrons. The maximum atomic E-state index is 13.2. The van der Waals surface area contributed by atoms with Crippen molar-refractivity contribution in [3.63, 3.8) is 0 Å². The number of ether oxygens (including phenoxy) is 1. The van der Waals surface area contributed by atoms with E-state index in [4.69, 9.17) is 10.5 Å². The highest BCUT2D eigenvalue weighted by Crippen LogP contribution is 2.38. The van der Waals surface area contributed by atoms with Gasteiger partial charge in [-0.05, 0) is 42.5 Å². The van der Waals surface area contributed by atoms with Gasteiger partial charge in [0.1, 0.15) is 17.7 Å². The zero-order chi connectivity index (χ0) is 12.5. The van der Waals surface area contributed by atoms with Gasteiger partial charge in [0.15, 0.2) is 0 Å². The van der Waals surface area contributed by atoms with Gasteiger partial charge >= 0.3 is 0 Å². The molecule has 3 rings (SSSR count). The average Bonchev–Trinajstić information content (AvgIpc) is 2.40. The van der Waals surface area contributed by atoms with Crippen molar-refractivity contribution in [1.29, 1.82) is 0 Å². The maximum Gasteiger partial charge on any atom is 0.124 e. The molecule has 0 aromatic heterocycles. The zero-order valence-corrected chi connectivity index (χ0v) is 11.1. The summed E-state index contributed by atoms with van der Waals surface area (Å²) in [6.45, 7) is 0. The van der Waals surface area contributed by atoms with Crippen LogP contribution >= 0.6 is 11.8 Å². The molecule has 0 saturated carbocycles. The molecule has 1 aromatic rings. The Morgan fingerprint density at radius 2 is 2.28 bits per heavy atom. The van der Waals surface area contributed by atoms with Gasteiger partial charge in [-0.1, -0.05) is 0 Å². The fraction of sp³-hybridized carbons (Fsp3) is 0.571. The predicted molar refractivity (Wildman–Crippen MR) is 72.4 cm³/mol. The van der Waals surface area contributed by atoms with Crippen LogP contribution in [-0.2, 0) is 0 Å². The molecule has 18 heavy (non-hydrogen) atoms. The maximum absolute atomic E-state index is 13.2. The predicted octanol–water partition coefficient (Wildman–Crippen LogP) is 3.12. The van der Waals surface area contributed by atoms with Gasteiger partial charge < -0.3 is 10.5 Å². The van der Waals surface area contributed by atoms with Crippen LogP contribution in [0.5, 0.6) is 5.75 Å². The minimum Gasteiger partial charge on any atom is -0.490 e. The Kier molecular flexibility index (Phi) is 3.48. The van der Waals surface area contributed by atoms with Crippen LogP contribution in [0, 0.1) is 11.7 Å². The second-order valence-corrected chi connectivity index (χ2v) is 6.31. The molecule has 2 N–H and O–H groups in total. The summed E-state index contributed by atoms with van der Waals surface area (Å²) in [7, 11) is 0. The minimum atomic E-state index is -0.237. The van der Waals surface area contributed by atoms with Crippen molar-refractivity contribution < 1.29 is 9.13 Å². The number of halogens is 1. The van der Waals surface area contributed by atoms with Crippen LogP contribution in [-0.4, -0.2) is 17.6 Å². The summed E-state index contributed by atoms with van der Waals surface area (Å²) in [5, 5.41) is 0. The van der Waals surface area contributed by atoms with Crippen LogP contribution in [0.2, 0.25) is 0 Å². The monoisotopic (exact) mass is 267 g/mol. The third kappa shape index (κ3) is 2.36. The SMILES string of the molecule is N[C@@H]1CC(C2CCCSC2)Oc2ccc(F)cc21. The summed E-state index contributed by atoms with van der Waals surface area (Å²) in [5.74, 6) is 3.55. The van der Waals surface area contributed by atoms with Gasteiger partial charge in [-0.25, -0.2) is 4.39 Å². The molecule has 2 unspecified atom stereocenters. The number of benzene rings is 1. The lowest BCUT2D eigenvalue weighted by Gasteiger charge is -2.36. The molecule has 1 aromatic carbocycles. The lowest BCUT2D eigenvalue weighted by Crippen LogP contribution is -2.37. The Balaban J connectivity index is 1.80. The van der Waals surface area contributed by atoms with Crippen LogP contribution in [0.1, 0.15) is 30.9 Å². The number of nitrogens with two attached hydrogens (primary N) is 1. The van der Waals surface area contributed by atoms with Gasteiger partial charge in [-0.15, -0.1) is 0 Å². The van der Waals surface area contributed by atoms with Crippen molar-refractivity contribution in [3.8, 4) is 5.75 Å². The second kappa shape index (κ2) is 5.10. The van der Waals surface area contributed by atoms with Gasteiger partial charge in [0.25, 0.3) is 0 Å². The first-order valence-corrected chi connectivity index (χ1v) is 7.69. The van der Waals surface area contributed by atoms with Crippen LogP contribution in [0.4, 0.5) is 4.39 Å². The summed E-state index contributed by atoms with van der Waals surface area (Å²) in [6, 6.07) is 4.57. The molecule has 2 aliphatic heterocycles. The van der Waals surface area contributed by atoms with E-state index >= 15 is 0 Å². The molecule has 0 bridgehead atoms. The Morgan fingerprint density at radius 3 is 3.06 bits per heavy atom. The lowest BCUT2D eigenvalue weighted by molar-refractivity contribution is 0.103. The van der Waals surface area contributed by atoms with E-state index in [-0.39, 0.29) is 18.0 Å². The normalized spacial score (nSPS) is 31.6. The number of fused-ring (bicyclic) bond motifs is 1. The molecule has 2 heterocycles. The highest BCUT2D eigenvalue weighted by molar-refractivity contribution is 7.99. The van der Waals surface area contributed by atoms with Gasteiger partial charge in [-0.2, -0.15) is 11.8 Å². The van der Waals surface area contributed by atoms with E-state index < -0.39 is 0 Å². The topological polar surface area (TPSA) is 35.2 Å². The quantitative estimate of drug-likeness (QED) is 0.849. The number of hydrogen-bond donors (Lipinski definition) is 1. The average molecular weight is 267 g/mol. The summed E-state index contributed by atoms with van der Waals surface area (Å²) in [4.78, 5) is 0. The third-order valence-corrected chi connectivity index (χ3v) is 5.10. The first-order valence-electron chi connectivity index (χ1n) is 6.53. The van der Waals surface area contributed by atoms with E-state index in [0.717, 1.165) is 23.5 Å². The molecule has 0 spiro atoms. The van der Waals surface area contributed by atoms with E-state index in [2.05, 4.69) is 0 Å². The van der Waals surface area contributed by atoms with Crippen LogP contribution < -0.4 is 10.5 Å². The van der Waals surface area contributed by atoms with E-state index in [0.29, 0.717) is 5.92 Å². The molecule has 2 nitrogen and oxygen atoms in total. The fourth-order valence-corrected chi connectivity index (χ4v) is 4.07. The fourth-order valence-electron chi connectivity index (χ4n) is 2.85. The van der Waals surface area contributed by atoms with Gasteiger partial charge in [0.05, 0.1) is 0 Å². The highest BCUT2D eigenvalue weighted by Gasteiger charge is 2.32. The van der Waals surface area contributed by atoms with Crippen molar-refractivity contribution in [3.05, 3.63) is 29.6 Å². The first-order chi connectivity index (χ1) is 8.74. The van der Waals surface area contributed by atoms with Crippen LogP contribution in [0.15, 0.2) is 18.2 Å². The smallest absolute Gasteiger partial charge is 0.124 e. The molecular formula is C14H18FNOS. The molecule has 0 amide bonds. The standard InChI is InChI=1S/C14H18FNOS/c15-10-3-4-13-11(6-10)12(16)7-14(17-13)9-2-1-5-18-8-9/h3-4,6,9,12,14H,1-2,5,7-8,16H2/t9?,12-,14?/m1/s1. The molecule has 0 aliphatic carbocycles. The van der Waals surface area contributed by atoms with Crippen molar-refractivity contribution in [2.45, 2.75) is 31.4 Å². The van der Waals surface area contributed by atoms with Crippen molar-refractivity contribution >= 4 is 11.8 Å². The molecule has 1 saturated heterocycles. The highest BCUT2D eigenvalue weighted by atomic mass is 32.2. The van der Waals surface area contributed by atoms with E-state index in [1.807, 2.05) is 11.8 Å². The first kappa shape index (κ1) is 12.3. The molecule has 1 fully saturated rings. The second-order valence-electron chi connectivity index (χ2n) is 5.16. The van der Waals surface area contributed by atoms with Gasteiger partial charge in [0, 0.05) is 23.9 Å². The van der Waals surface area contributed by atoms with E-state index in [1.165, 1.54) is 30.7 Å². The lowest BCUT2D eigenvalue weighted by atomic mass is 9.88. The van der Waals surface area contributed by atoms with Gasteiger partial charge in [-0.3, -0.25) is 0 Å². The Bertz CT molecular complexity index is 434. The Labute approximate surface area is 111 Å². The van der Waals surface area contributed by atoms with Crippen LogP contribution in [0.25, 0.3) is 0 Å². The van der Waals surface area contributed by atoms with E-state index in [1.54, 1.807) is 6.07 Å².